The van der Waals surface area contributed by atoms with E-state index in [1.165, 1.54) is 12.7 Å². The number of H-pyrrole nitrogens is 1. The van der Waals surface area contributed by atoms with Crippen LogP contribution in [0.1, 0.15) is 44.1 Å². The van der Waals surface area contributed by atoms with E-state index in [0.717, 1.165) is 12.8 Å². The van der Waals surface area contributed by atoms with E-state index in [0.29, 0.717) is 42.3 Å². The summed E-state index contributed by atoms with van der Waals surface area (Å²) in [5, 5.41) is 2.84. The summed E-state index contributed by atoms with van der Waals surface area (Å²) < 4.78 is 10.3. The van der Waals surface area contributed by atoms with Crippen molar-refractivity contribution in [2.45, 2.75) is 26.7 Å². The molecule has 6 nitrogen and oxygen atoms in total. The molecule has 1 aromatic heterocycles. The van der Waals surface area contributed by atoms with Crippen LogP contribution in [-0.2, 0) is 15.9 Å². The van der Waals surface area contributed by atoms with Crippen molar-refractivity contribution in [3.05, 3.63) is 58.4 Å². The van der Waals surface area contributed by atoms with Crippen LogP contribution in [0.5, 0.6) is 0 Å². The summed E-state index contributed by atoms with van der Waals surface area (Å²) in [6, 6.07) is 10.2. The van der Waals surface area contributed by atoms with Gasteiger partial charge in [-0.2, -0.15) is 0 Å². The summed E-state index contributed by atoms with van der Waals surface area (Å²) in [6.07, 6.45) is 1.60. The quantitative estimate of drug-likeness (QED) is 0.534. The second kappa shape index (κ2) is 9.77. The lowest BCUT2D eigenvalue weighted by Gasteiger charge is -2.06. The minimum absolute atomic E-state index is 0.231. The standard InChI is InChI=1S/C20H26N2O4/c1-14-17(20(24)25-3)15(2)22-18(14)19(23)21-11-7-12-26-13-10-16-8-5-4-6-9-16/h4-6,8-9,22H,7,10-13H2,1-3H3,(H,21,23). The maximum Gasteiger partial charge on any atom is 0.339 e. The second-order valence-corrected chi connectivity index (χ2v) is 6.07. The normalized spacial score (nSPS) is 10.6. The molecule has 0 bridgehead atoms. The Morgan fingerprint density at radius 3 is 2.54 bits per heavy atom. The summed E-state index contributed by atoms with van der Waals surface area (Å²) >= 11 is 0. The van der Waals surface area contributed by atoms with E-state index in [-0.39, 0.29) is 5.91 Å². The van der Waals surface area contributed by atoms with Gasteiger partial charge in [0.1, 0.15) is 5.69 Å². The molecule has 1 heterocycles. The molecule has 6 heteroatoms. The number of hydrogen-bond acceptors (Lipinski definition) is 4. The molecule has 1 amide bonds. The van der Waals surface area contributed by atoms with Crippen LogP contribution in [0.3, 0.4) is 0 Å². The van der Waals surface area contributed by atoms with E-state index in [1.807, 2.05) is 18.2 Å². The first-order chi connectivity index (χ1) is 12.5. The average Bonchev–Trinajstić information content (AvgIpc) is 2.95. The first kappa shape index (κ1) is 19.7. The first-order valence-corrected chi connectivity index (χ1v) is 8.72. The molecule has 2 N–H and O–H groups in total. The number of aromatic amines is 1. The smallest absolute Gasteiger partial charge is 0.339 e. The Bertz CT molecular complexity index is 738. The SMILES string of the molecule is COC(=O)c1c(C)[nH]c(C(=O)NCCCOCCc2ccccc2)c1C. The number of hydrogen-bond donors (Lipinski definition) is 2. The van der Waals surface area contributed by atoms with Crippen LogP contribution in [-0.4, -0.2) is 43.7 Å². The molecule has 0 saturated carbocycles. The predicted molar refractivity (Wildman–Crippen MR) is 99.5 cm³/mol. The van der Waals surface area contributed by atoms with Crippen molar-refractivity contribution in [2.24, 2.45) is 0 Å². The number of aromatic nitrogens is 1. The minimum atomic E-state index is -0.442. The Labute approximate surface area is 153 Å². The lowest BCUT2D eigenvalue weighted by Crippen LogP contribution is -2.26. The van der Waals surface area contributed by atoms with Crippen LogP contribution in [0.2, 0.25) is 0 Å². The van der Waals surface area contributed by atoms with Gasteiger partial charge in [0.05, 0.1) is 19.3 Å². The Balaban J connectivity index is 1.70. The molecule has 2 aromatic rings. The average molecular weight is 358 g/mol. The molecule has 0 spiro atoms. The summed E-state index contributed by atoms with van der Waals surface area (Å²) in [4.78, 5) is 27.0. The summed E-state index contributed by atoms with van der Waals surface area (Å²) in [6.45, 7) is 5.24. The van der Waals surface area contributed by atoms with Gasteiger partial charge in [-0.3, -0.25) is 4.79 Å². The Kier molecular flexibility index (Phi) is 7.41. The number of methoxy groups -OCH3 is 1. The number of carbonyl (C=O) groups excluding carboxylic acids is 2. The molecular formula is C20H26N2O4. The molecule has 0 atom stereocenters. The zero-order chi connectivity index (χ0) is 18.9. The van der Waals surface area contributed by atoms with Gasteiger partial charge in [0.2, 0.25) is 0 Å². The molecule has 0 saturated heterocycles. The third-order valence-corrected chi connectivity index (χ3v) is 4.18. The molecule has 1 aromatic carbocycles. The van der Waals surface area contributed by atoms with Crippen LogP contribution in [0.25, 0.3) is 0 Å². The first-order valence-electron chi connectivity index (χ1n) is 8.72. The van der Waals surface area contributed by atoms with E-state index < -0.39 is 5.97 Å². The van der Waals surface area contributed by atoms with Crippen molar-refractivity contribution >= 4 is 11.9 Å². The highest BCUT2D eigenvalue weighted by atomic mass is 16.5. The number of aryl methyl sites for hydroxylation is 1. The topological polar surface area (TPSA) is 80.4 Å². The van der Waals surface area contributed by atoms with Crippen molar-refractivity contribution in [3.8, 4) is 0 Å². The fraction of sp³-hybridized carbons (Fsp3) is 0.400. The largest absolute Gasteiger partial charge is 0.465 e. The molecule has 0 unspecified atom stereocenters. The van der Waals surface area contributed by atoms with Crippen molar-refractivity contribution in [2.75, 3.05) is 26.9 Å². The van der Waals surface area contributed by atoms with Crippen molar-refractivity contribution < 1.29 is 19.1 Å². The zero-order valence-electron chi connectivity index (χ0n) is 15.6. The van der Waals surface area contributed by atoms with Gasteiger partial charge in [-0.15, -0.1) is 0 Å². The number of ether oxygens (including phenoxy) is 2. The monoisotopic (exact) mass is 358 g/mol. The Morgan fingerprint density at radius 2 is 1.85 bits per heavy atom. The number of benzene rings is 1. The lowest BCUT2D eigenvalue weighted by molar-refractivity contribution is 0.0599. The Morgan fingerprint density at radius 1 is 1.12 bits per heavy atom. The van der Waals surface area contributed by atoms with Gasteiger partial charge < -0.3 is 19.8 Å². The molecule has 0 aliphatic carbocycles. The maximum atomic E-state index is 12.3. The highest BCUT2D eigenvalue weighted by Crippen LogP contribution is 2.18. The van der Waals surface area contributed by atoms with Crippen molar-refractivity contribution in [1.82, 2.24) is 10.3 Å². The van der Waals surface area contributed by atoms with Gasteiger partial charge >= 0.3 is 5.97 Å². The van der Waals surface area contributed by atoms with E-state index in [9.17, 15) is 9.59 Å². The van der Waals surface area contributed by atoms with Gasteiger partial charge in [0.15, 0.2) is 0 Å². The highest BCUT2D eigenvalue weighted by Gasteiger charge is 2.22. The number of amides is 1. The van der Waals surface area contributed by atoms with E-state index in [2.05, 4.69) is 22.4 Å². The van der Waals surface area contributed by atoms with Gasteiger partial charge in [-0.05, 0) is 37.8 Å². The molecular weight excluding hydrogens is 332 g/mol. The summed E-state index contributed by atoms with van der Waals surface area (Å²) in [5.74, 6) is -0.674. The molecule has 0 aliphatic rings. The third kappa shape index (κ3) is 5.20. The molecule has 0 aliphatic heterocycles. The summed E-state index contributed by atoms with van der Waals surface area (Å²) in [5.41, 5.74) is 3.30. The molecule has 26 heavy (non-hydrogen) atoms. The van der Waals surface area contributed by atoms with E-state index in [1.54, 1.807) is 13.8 Å². The molecule has 0 radical (unpaired) electrons. The van der Waals surface area contributed by atoms with Gasteiger partial charge in [0, 0.05) is 18.8 Å². The van der Waals surface area contributed by atoms with Crippen molar-refractivity contribution in [3.63, 3.8) is 0 Å². The van der Waals surface area contributed by atoms with Gasteiger partial charge in [0.25, 0.3) is 5.91 Å². The molecule has 2 rings (SSSR count). The van der Waals surface area contributed by atoms with Gasteiger partial charge in [-0.25, -0.2) is 4.79 Å². The van der Waals surface area contributed by atoms with Crippen LogP contribution in [0.4, 0.5) is 0 Å². The molecule has 0 fully saturated rings. The van der Waals surface area contributed by atoms with Gasteiger partial charge in [-0.1, -0.05) is 30.3 Å². The Hall–Kier alpha value is -2.60. The predicted octanol–water partition coefficient (Wildman–Crippen LogP) is 2.80. The number of esters is 1. The van der Waals surface area contributed by atoms with Crippen LogP contribution in [0.15, 0.2) is 30.3 Å². The fourth-order valence-electron chi connectivity index (χ4n) is 2.79. The zero-order valence-corrected chi connectivity index (χ0v) is 15.6. The maximum absolute atomic E-state index is 12.3. The minimum Gasteiger partial charge on any atom is -0.465 e. The van der Waals surface area contributed by atoms with Crippen LogP contribution >= 0.6 is 0 Å². The molecule has 140 valence electrons. The van der Waals surface area contributed by atoms with Crippen LogP contribution < -0.4 is 5.32 Å². The number of rotatable bonds is 9. The number of carbonyl (C=O) groups is 2. The highest BCUT2D eigenvalue weighted by molar-refractivity contribution is 6.00. The summed E-state index contributed by atoms with van der Waals surface area (Å²) in [7, 11) is 1.33. The third-order valence-electron chi connectivity index (χ3n) is 4.18. The van der Waals surface area contributed by atoms with Crippen molar-refractivity contribution in [1.29, 1.82) is 0 Å². The second-order valence-electron chi connectivity index (χ2n) is 6.07. The van der Waals surface area contributed by atoms with E-state index in [4.69, 9.17) is 9.47 Å². The van der Waals surface area contributed by atoms with E-state index >= 15 is 0 Å². The number of nitrogens with one attached hydrogen (secondary N) is 2. The lowest BCUT2D eigenvalue weighted by atomic mass is 10.1. The fourth-order valence-corrected chi connectivity index (χ4v) is 2.79. The van der Waals surface area contributed by atoms with Crippen LogP contribution in [0, 0.1) is 13.8 Å².